The molecule has 0 unspecified atom stereocenters. The maximum Gasteiger partial charge on any atom is 0.362 e. The summed E-state index contributed by atoms with van der Waals surface area (Å²) in [6.45, 7) is 9.48. The Hall–Kier alpha value is -1.35. The van der Waals surface area contributed by atoms with E-state index in [0.717, 1.165) is 12.1 Å². The van der Waals surface area contributed by atoms with E-state index in [1.807, 2.05) is 0 Å². The molecule has 0 heterocycles. The number of nitrogens with zero attached hydrogens (tertiary/aromatic N) is 1. The fourth-order valence-electron chi connectivity index (χ4n) is 4.92. The molecule has 2 saturated carbocycles. The summed E-state index contributed by atoms with van der Waals surface area (Å²) in [4.78, 5) is 12.7. The van der Waals surface area contributed by atoms with Crippen molar-refractivity contribution in [2.45, 2.75) is 53.1 Å². The fourth-order valence-corrected chi connectivity index (χ4v) is 4.92. The summed E-state index contributed by atoms with van der Waals surface area (Å²) in [6, 6.07) is 8.37. The topological polar surface area (TPSA) is 26.3 Å². The van der Waals surface area contributed by atoms with Gasteiger partial charge in [-0.3, -0.25) is 4.48 Å². The van der Waals surface area contributed by atoms with Crippen LogP contribution in [-0.2, 0) is 9.53 Å². The van der Waals surface area contributed by atoms with E-state index in [2.05, 4.69) is 66.1 Å². The number of fused-ring (bicyclic) bond motifs is 2. The van der Waals surface area contributed by atoms with Gasteiger partial charge in [0.15, 0.2) is 6.54 Å². The first-order valence-electron chi connectivity index (χ1n) is 9.16. The van der Waals surface area contributed by atoms with Gasteiger partial charge in [-0.2, -0.15) is 0 Å². The van der Waals surface area contributed by atoms with Gasteiger partial charge in [0.25, 0.3) is 0 Å². The first-order chi connectivity index (χ1) is 11.1. The number of carbonyl (C=O) groups excluding carboxylic acids is 1. The number of esters is 1. The standard InChI is InChI=1S/C21H32NO2/c1-15-8-7-9-17(12-15)22(5,6)14-19(23)24-18-13-16-10-11-21(18,4)20(16,2)3/h7-9,12,16,18H,10-11,13-14H2,1-6H3/q+1/t16-,18-,21-/m0/s1. The highest BCUT2D eigenvalue weighted by atomic mass is 16.5. The van der Waals surface area contributed by atoms with E-state index in [-0.39, 0.29) is 22.9 Å². The zero-order valence-corrected chi connectivity index (χ0v) is 16.1. The molecule has 3 atom stereocenters. The molecular weight excluding hydrogens is 298 g/mol. The van der Waals surface area contributed by atoms with Crippen LogP contribution >= 0.6 is 0 Å². The van der Waals surface area contributed by atoms with Crippen LogP contribution in [0.4, 0.5) is 5.69 Å². The number of quaternary nitrogens is 1. The average molecular weight is 330 g/mol. The van der Waals surface area contributed by atoms with E-state index < -0.39 is 0 Å². The van der Waals surface area contributed by atoms with Crippen molar-refractivity contribution in [3.63, 3.8) is 0 Å². The molecule has 2 fully saturated rings. The van der Waals surface area contributed by atoms with Crippen LogP contribution < -0.4 is 4.48 Å². The van der Waals surface area contributed by atoms with E-state index in [1.54, 1.807) is 0 Å². The Bertz CT molecular complexity index is 649. The molecule has 0 N–H and O–H groups in total. The number of hydrogen-bond acceptors (Lipinski definition) is 2. The van der Waals surface area contributed by atoms with Gasteiger partial charge < -0.3 is 4.74 Å². The molecule has 24 heavy (non-hydrogen) atoms. The number of ether oxygens (including phenoxy) is 1. The van der Waals surface area contributed by atoms with Crippen molar-refractivity contribution >= 4 is 11.7 Å². The Balaban J connectivity index is 1.68. The second-order valence-electron chi connectivity index (χ2n) is 9.27. The van der Waals surface area contributed by atoms with Crippen LogP contribution in [0.25, 0.3) is 0 Å². The number of aryl methyl sites for hydroxylation is 1. The molecule has 1 aromatic carbocycles. The first-order valence-corrected chi connectivity index (χ1v) is 9.16. The Kier molecular flexibility index (Phi) is 4.07. The third kappa shape index (κ3) is 2.67. The zero-order chi connectivity index (χ0) is 17.8. The van der Waals surface area contributed by atoms with E-state index >= 15 is 0 Å². The molecule has 0 aliphatic heterocycles. The molecular formula is C21H32NO2+. The molecule has 3 nitrogen and oxygen atoms in total. The lowest BCUT2D eigenvalue weighted by atomic mass is 9.70. The number of benzene rings is 1. The van der Waals surface area contributed by atoms with Crippen molar-refractivity contribution in [3.05, 3.63) is 29.8 Å². The van der Waals surface area contributed by atoms with Crippen molar-refractivity contribution in [3.8, 4) is 0 Å². The third-order valence-corrected chi connectivity index (χ3v) is 7.21. The van der Waals surface area contributed by atoms with Crippen molar-refractivity contribution < 1.29 is 9.53 Å². The smallest absolute Gasteiger partial charge is 0.362 e. The van der Waals surface area contributed by atoms with E-state index in [4.69, 9.17) is 4.74 Å². The molecule has 2 bridgehead atoms. The molecule has 132 valence electrons. The Morgan fingerprint density at radius 3 is 2.54 bits per heavy atom. The second-order valence-corrected chi connectivity index (χ2v) is 9.27. The Morgan fingerprint density at radius 1 is 1.29 bits per heavy atom. The summed E-state index contributed by atoms with van der Waals surface area (Å²) in [5.74, 6) is 0.621. The van der Waals surface area contributed by atoms with Gasteiger partial charge in [-0.05, 0) is 49.1 Å². The SMILES string of the molecule is Cc1cccc([N+](C)(C)CC(=O)O[C@H]2C[C@@H]3CC[C@]2(C)C3(C)C)c1. The van der Waals surface area contributed by atoms with Gasteiger partial charge in [-0.25, -0.2) is 4.79 Å². The summed E-state index contributed by atoms with van der Waals surface area (Å²) < 4.78 is 6.54. The van der Waals surface area contributed by atoms with E-state index in [1.165, 1.54) is 18.4 Å². The van der Waals surface area contributed by atoms with Gasteiger partial charge in [0, 0.05) is 11.5 Å². The van der Waals surface area contributed by atoms with Crippen LogP contribution in [0.2, 0.25) is 0 Å². The predicted octanol–water partition coefficient (Wildman–Crippen LogP) is 4.32. The quantitative estimate of drug-likeness (QED) is 0.607. The number of hydrogen-bond donors (Lipinski definition) is 0. The summed E-state index contributed by atoms with van der Waals surface area (Å²) >= 11 is 0. The highest BCUT2D eigenvalue weighted by molar-refractivity contribution is 5.74. The maximum atomic E-state index is 12.7. The van der Waals surface area contributed by atoms with Gasteiger partial charge >= 0.3 is 5.97 Å². The molecule has 0 amide bonds. The van der Waals surface area contributed by atoms with E-state index in [0.29, 0.717) is 16.9 Å². The van der Waals surface area contributed by atoms with Gasteiger partial charge in [0.2, 0.25) is 0 Å². The van der Waals surface area contributed by atoms with Gasteiger partial charge in [0.05, 0.1) is 14.1 Å². The zero-order valence-electron chi connectivity index (χ0n) is 16.1. The average Bonchev–Trinajstić information content (AvgIpc) is 2.80. The largest absolute Gasteiger partial charge is 0.458 e. The molecule has 0 radical (unpaired) electrons. The molecule has 0 aromatic heterocycles. The Labute approximate surface area is 146 Å². The summed E-state index contributed by atoms with van der Waals surface area (Å²) in [5.41, 5.74) is 2.77. The van der Waals surface area contributed by atoms with Crippen molar-refractivity contribution in [2.24, 2.45) is 16.7 Å². The number of rotatable bonds is 4. The molecule has 1 aromatic rings. The molecule has 3 heteroatoms. The highest BCUT2D eigenvalue weighted by Crippen LogP contribution is 2.66. The molecule has 2 aliphatic carbocycles. The minimum Gasteiger partial charge on any atom is -0.458 e. The lowest BCUT2D eigenvalue weighted by Crippen LogP contribution is -2.47. The second kappa shape index (κ2) is 5.59. The van der Waals surface area contributed by atoms with Crippen molar-refractivity contribution in [2.75, 3.05) is 20.6 Å². The van der Waals surface area contributed by atoms with Crippen LogP contribution in [0.3, 0.4) is 0 Å². The lowest BCUT2D eigenvalue weighted by molar-refractivity contribution is -0.157. The number of likely N-dealkylation sites (N-methyl/N-ethyl adjacent to an activating group) is 1. The van der Waals surface area contributed by atoms with Crippen LogP contribution in [-0.4, -0.2) is 32.7 Å². The molecule has 2 aliphatic rings. The first kappa shape index (κ1) is 17.5. The third-order valence-electron chi connectivity index (χ3n) is 7.21. The van der Waals surface area contributed by atoms with Crippen LogP contribution in [0.15, 0.2) is 24.3 Å². The Morgan fingerprint density at radius 2 is 2.00 bits per heavy atom. The molecule has 0 spiro atoms. The van der Waals surface area contributed by atoms with Crippen LogP contribution in [0.1, 0.15) is 45.6 Å². The van der Waals surface area contributed by atoms with Gasteiger partial charge in [-0.1, -0.05) is 32.9 Å². The van der Waals surface area contributed by atoms with Gasteiger partial charge in [-0.15, -0.1) is 0 Å². The minimum absolute atomic E-state index is 0.0731. The molecule has 0 saturated heterocycles. The van der Waals surface area contributed by atoms with Crippen molar-refractivity contribution in [1.29, 1.82) is 0 Å². The van der Waals surface area contributed by atoms with Crippen LogP contribution in [0, 0.1) is 23.7 Å². The van der Waals surface area contributed by atoms with Gasteiger partial charge in [0.1, 0.15) is 11.8 Å². The highest BCUT2D eigenvalue weighted by Gasteiger charge is 2.63. The lowest BCUT2D eigenvalue weighted by Gasteiger charge is -2.38. The van der Waals surface area contributed by atoms with Crippen molar-refractivity contribution in [1.82, 2.24) is 4.48 Å². The molecule has 3 rings (SSSR count). The summed E-state index contributed by atoms with van der Waals surface area (Å²) in [7, 11) is 4.14. The normalized spacial score (nSPS) is 31.2. The number of carbonyl (C=O) groups is 1. The maximum absolute atomic E-state index is 12.7. The van der Waals surface area contributed by atoms with Crippen LogP contribution in [0.5, 0.6) is 0 Å². The van der Waals surface area contributed by atoms with E-state index in [9.17, 15) is 4.79 Å². The summed E-state index contributed by atoms with van der Waals surface area (Å²) in [6.07, 6.45) is 3.57. The fraction of sp³-hybridized carbons (Fsp3) is 0.667. The summed E-state index contributed by atoms with van der Waals surface area (Å²) in [5, 5.41) is 0. The minimum atomic E-state index is -0.0731. The predicted molar refractivity (Wildman–Crippen MR) is 98.8 cm³/mol. The monoisotopic (exact) mass is 330 g/mol.